The van der Waals surface area contributed by atoms with Crippen molar-refractivity contribution in [3.63, 3.8) is 0 Å². The van der Waals surface area contributed by atoms with E-state index in [-0.39, 0.29) is 19.2 Å². The molecule has 0 bridgehead atoms. The van der Waals surface area contributed by atoms with Crippen LogP contribution in [0, 0.1) is 0 Å². The van der Waals surface area contributed by atoms with E-state index in [9.17, 15) is 25.2 Å². The number of carbonyl (C=O) groups is 1. The highest BCUT2D eigenvalue weighted by Crippen LogP contribution is 2.23. The number of carbonyl (C=O) groups excluding carboxylic acids is 1. The largest absolute Gasteiger partial charge is 0.457 e. The number of ether oxygens (including phenoxy) is 4. The van der Waals surface area contributed by atoms with Crippen LogP contribution in [0.25, 0.3) is 0 Å². The summed E-state index contributed by atoms with van der Waals surface area (Å²) in [6.45, 7) is 4.60. The SMILES string of the molecule is CCCCCCCC/C=C\CCCCCCCCCCCC(=O)OC(COCCCCCCCCCCCCCCCCCCC)COC1OC(CO)C(O)C(O)C1O. The lowest BCUT2D eigenvalue weighted by atomic mass is 9.99. The van der Waals surface area contributed by atoms with Gasteiger partial charge in [-0.1, -0.05) is 206 Å². The number of allylic oxidation sites excluding steroid dienone is 2. The molecule has 1 aliphatic heterocycles. The van der Waals surface area contributed by atoms with Gasteiger partial charge in [0.15, 0.2) is 6.29 Å². The molecule has 0 saturated carbocycles. The molecule has 0 aromatic heterocycles. The average Bonchev–Trinajstić information content (AvgIpc) is 3.24. The zero-order chi connectivity index (χ0) is 42.9. The van der Waals surface area contributed by atoms with E-state index in [0.717, 1.165) is 32.1 Å². The molecule has 1 fully saturated rings. The Kier molecular flexibility index (Phi) is 40.1. The number of hydrogen-bond donors (Lipinski definition) is 4. The molecular formula is C50H96O9. The summed E-state index contributed by atoms with van der Waals surface area (Å²) >= 11 is 0. The van der Waals surface area contributed by atoms with Gasteiger partial charge >= 0.3 is 5.97 Å². The molecule has 6 unspecified atom stereocenters. The summed E-state index contributed by atoms with van der Waals surface area (Å²) in [4.78, 5) is 12.8. The van der Waals surface area contributed by atoms with Gasteiger partial charge in [0.2, 0.25) is 0 Å². The van der Waals surface area contributed by atoms with Gasteiger partial charge in [0, 0.05) is 13.0 Å². The minimum atomic E-state index is -1.53. The minimum absolute atomic E-state index is 0.108. The summed E-state index contributed by atoms with van der Waals surface area (Å²) in [6.07, 6.45) is 41.0. The van der Waals surface area contributed by atoms with Crippen molar-refractivity contribution in [1.29, 1.82) is 0 Å². The molecule has 1 saturated heterocycles. The second kappa shape index (κ2) is 42.2. The van der Waals surface area contributed by atoms with E-state index in [4.69, 9.17) is 18.9 Å². The highest BCUT2D eigenvalue weighted by atomic mass is 16.7. The smallest absolute Gasteiger partial charge is 0.306 e. The van der Waals surface area contributed by atoms with E-state index in [2.05, 4.69) is 26.0 Å². The fourth-order valence-electron chi connectivity index (χ4n) is 7.96. The number of hydrogen-bond acceptors (Lipinski definition) is 9. The van der Waals surface area contributed by atoms with Crippen LogP contribution in [-0.2, 0) is 23.7 Å². The van der Waals surface area contributed by atoms with Crippen molar-refractivity contribution >= 4 is 5.97 Å². The van der Waals surface area contributed by atoms with Gasteiger partial charge in [-0.3, -0.25) is 4.79 Å². The van der Waals surface area contributed by atoms with Crippen molar-refractivity contribution in [2.45, 2.75) is 275 Å². The topological polar surface area (TPSA) is 135 Å². The Morgan fingerprint density at radius 3 is 1.37 bits per heavy atom. The van der Waals surface area contributed by atoms with E-state index in [1.54, 1.807) is 0 Å². The van der Waals surface area contributed by atoms with E-state index in [0.29, 0.717) is 13.0 Å². The van der Waals surface area contributed by atoms with E-state index in [1.807, 2.05) is 0 Å². The van der Waals surface area contributed by atoms with Gasteiger partial charge in [-0.2, -0.15) is 0 Å². The second-order valence-electron chi connectivity index (χ2n) is 17.6. The standard InChI is InChI=1S/C50H96O9/c1-3-5-7-9-11-13-15-17-19-21-22-23-25-27-29-31-33-35-37-39-46(52)58-44(43-57-50-49(55)48(54)47(53)45(41-51)59-50)42-56-40-38-36-34-32-30-28-26-24-20-18-16-14-12-10-8-6-4-2/h17,19,44-45,47-51,53-55H,3-16,18,20-43H2,1-2H3/b19-17-. The molecule has 0 aromatic carbocycles. The molecule has 9 nitrogen and oxygen atoms in total. The fourth-order valence-corrected chi connectivity index (χ4v) is 7.96. The predicted octanol–water partition coefficient (Wildman–Crippen LogP) is 12.0. The monoisotopic (exact) mass is 841 g/mol. The zero-order valence-corrected chi connectivity index (χ0v) is 38.5. The summed E-state index contributed by atoms with van der Waals surface area (Å²) in [5.41, 5.74) is 0. The van der Waals surface area contributed by atoms with E-state index in [1.165, 1.54) is 186 Å². The van der Waals surface area contributed by atoms with Crippen LogP contribution in [0.15, 0.2) is 12.2 Å². The van der Waals surface area contributed by atoms with Crippen molar-refractivity contribution in [3.05, 3.63) is 12.2 Å². The molecule has 1 rings (SSSR count). The Bertz CT molecular complexity index is 915. The Morgan fingerprint density at radius 1 is 0.525 bits per heavy atom. The van der Waals surface area contributed by atoms with Crippen LogP contribution in [0.2, 0.25) is 0 Å². The van der Waals surface area contributed by atoms with Crippen molar-refractivity contribution in [2.75, 3.05) is 26.4 Å². The normalized spacial score (nSPS) is 20.1. The maximum atomic E-state index is 12.8. The summed E-state index contributed by atoms with van der Waals surface area (Å²) < 4.78 is 22.9. The van der Waals surface area contributed by atoms with Gasteiger partial charge in [0.1, 0.15) is 30.5 Å². The molecule has 0 aliphatic carbocycles. The van der Waals surface area contributed by atoms with Crippen molar-refractivity contribution < 1.29 is 44.2 Å². The van der Waals surface area contributed by atoms with Gasteiger partial charge in [-0.25, -0.2) is 0 Å². The molecule has 350 valence electrons. The third-order valence-electron chi connectivity index (χ3n) is 11.9. The maximum Gasteiger partial charge on any atom is 0.306 e. The lowest BCUT2D eigenvalue weighted by Gasteiger charge is -2.39. The first kappa shape index (κ1) is 55.9. The molecule has 0 amide bonds. The van der Waals surface area contributed by atoms with Crippen molar-refractivity contribution in [3.8, 4) is 0 Å². The molecule has 9 heteroatoms. The molecule has 59 heavy (non-hydrogen) atoms. The highest BCUT2D eigenvalue weighted by Gasteiger charge is 2.44. The lowest BCUT2D eigenvalue weighted by Crippen LogP contribution is -2.59. The first-order chi connectivity index (χ1) is 28.9. The number of rotatable bonds is 44. The molecule has 4 N–H and O–H groups in total. The molecule has 0 spiro atoms. The van der Waals surface area contributed by atoms with Gasteiger partial charge in [0.05, 0.1) is 19.8 Å². The molecular weight excluding hydrogens is 745 g/mol. The summed E-state index contributed by atoms with van der Waals surface area (Å²) in [5, 5.41) is 40.2. The first-order valence-corrected chi connectivity index (χ1v) is 25.3. The van der Waals surface area contributed by atoms with Crippen LogP contribution in [0.1, 0.15) is 239 Å². The summed E-state index contributed by atoms with van der Waals surface area (Å²) in [5.74, 6) is -0.310. The molecule has 1 aliphatic rings. The van der Waals surface area contributed by atoms with Crippen LogP contribution >= 0.6 is 0 Å². The van der Waals surface area contributed by atoms with Crippen LogP contribution in [0.5, 0.6) is 0 Å². The zero-order valence-electron chi connectivity index (χ0n) is 38.5. The number of unbranched alkanes of at least 4 members (excludes halogenated alkanes) is 31. The van der Waals surface area contributed by atoms with Crippen molar-refractivity contribution in [1.82, 2.24) is 0 Å². The maximum absolute atomic E-state index is 12.8. The van der Waals surface area contributed by atoms with Crippen molar-refractivity contribution in [2.24, 2.45) is 0 Å². The van der Waals surface area contributed by atoms with Crippen LogP contribution in [0.4, 0.5) is 0 Å². The van der Waals surface area contributed by atoms with E-state index >= 15 is 0 Å². The Morgan fingerprint density at radius 2 is 0.932 bits per heavy atom. The fraction of sp³-hybridized carbons (Fsp3) is 0.940. The Balaban J connectivity index is 2.20. The van der Waals surface area contributed by atoms with Gasteiger partial charge in [-0.15, -0.1) is 0 Å². The summed E-state index contributed by atoms with van der Waals surface area (Å²) in [7, 11) is 0. The second-order valence-corrected chi connectivity index (χ2v) is 17.6. The third kappa shape index (κ3) is 33.2. The van der Waals surface area contributed by atoms with Gasteiger partial charge < -0.3 is 39.4 Å². The van der Waals surface area contributed by atoms with Gasteiger partial charge in [0.25, 0.3) is 0 Å². The highest BCUT2D eigenvalue weighted by molar-refractivity contribution is 5.69. The third-order valence-corrected chi connectivity index (χ3v) is 11.9. The number of aliphatic hydroxyl groups excluding tert-OH is 4. The molecule has 0 aromatic rings. The summed E-state index contributed by atoms with van der Waals surface area (Å²) in [6, 6.07) is 0. The van der Waals surface area contributed by atoms with E-state index < -0.39 is 43.4 Å². The quantitative estimate of drug-likeness (QED) is 0.0269. The van der Waals surface area contributed by atoms with Gasteiger partial charge in [-0.05, 0) is 38.5 Å². The lowest BCUT2D eigenvalue weighted by molar-refractivity contribution is -0.305. The Hall–Kier alpha value is -1.07. The van der Waals surface area contributed by atoms with Crippen LogP contribution in [0.3, 0.4) is 0 Å². The average molecular weight is 841 g/mol. The van der Waals surface area contributed by atoms with Crippen LogP contribution in [-0.4, -0.2) is 89.6 Å². The number of esters is 1. The number of aliphatic hydroxyl groups is 4. The Labute approximate surface area is 363 Å². The predicted molar refractivity (Wildman–Crippen MR) is 243 cm³/mol. The molecule has 6 atom stereocenters. The first-order valence-electron chi connectivity index (χ1n) is 25.3. The molecule has 1 heterocycles. The minimum Gasteiger partial charge on any atom is -0.457 e. The van der Waals surface area contributed by atoms with Crippen LogP contribution < -0.4 is 0 Å². The molecule has 0 radical (unpaired) electrons.